The molecule has 0 aliphatic rings. The summed E-state index contributed by atoms with van der Waals surface area (Å²) in [5.74, 6) is -0.657. The van der Waals surface area contributed by atoms with Crippen LogP contribution < -0.4 is 5.73 Å². The Hall–Kier alpha value is -0.610. The van der Waals surface area contributed by atoms with E-state index in [9.17, 15) is 4.79 Å². The van der Waals surface area contributed by atoms with E-state index < -0.39 is 5.97 Å². The number of carboxylic acid groups (broad SMARTS) is 1. The van der Waals surface area contributed by atoms with E-state index in [0.29, 0.717) is 6.42 Å². The van der Waals surface area contributed by atoms with Gasteiger partial charge in [-0.2, -0.15) is 0 Å². The molecule has 0 radical (unpaired) electrons. The lowest BCUT2D eigenvalue weighted by molar-refractivity contribution is -0.137. The highest BCUT2D eigenvalue weighted by Crippen LogP contribution is 2.11. The largest absolute Gasteiger partial charge is 0.481 e. The van der Waals surface area contributed by atoms with E-state index in [4.69, 9.17) is 10.8 Å². The molecule has 0 heterocycles. The fraction of sp³-hybridized carbons (Fsp3) is 0.947. The maximum atomic E-state index is 10.3. The third kappa shape index (κ3) is 29.9. The first-order chi connectivity index (χ1) is 11.0. The van der Waals surface area contributed by atoms with Crippen molar-refractivity contribution in [1.29, 1.82) is 0 Å². The number of carboxylic acids is 1. The van der Waals surface area contributed by atoms with Crippen LogP contribution in [0.2, 0.25) is 0 Å². The van der Waals surface area contributed by atoms with Gasteiger partial charge >= 0.3 is 5.97 Å². The Morgan fingerprint density at radius 1 is 0.826 bits per heavy atom. The molecule has 0 bridgehead atoms. The second kappa shape index (κ2) is 21.4. The summed E-state index contributed by atoms with van der Waals surface area (Å²) in [7, 11) is 4.10. The van der Waals surface area contributed by atoms with Crippen LogP contribution in [0.3, 0.4) is 0 Å². The second-order valence-electron chi connectivity index (χ2n) is 6.62. The molecule has 0 fully saturated rings. The van der Waals surface area contributed by atoms with Crippen LogP contribution in [0.25, 0.3) is 0 Å². The number of hydrogen-bond donors (Lipinski definition) is 2. The van der Waals surface area contributed by atoms with Crippen LogP contribution in [0.15, 0.2) is 0 Å². The predicted octanol–water partition coefficient (Wildman–Crippen LogP) is 4.67. The Bertz CT molecular complexity index is 233. The molecule has 0 unspecified atom stereocenters. The second-order valence-corrected chi connectivity index (χ2v) is 6.62. The summed E-state index contributed by atoms with van der Waals surface area (Å²) in [6.07, 6.45) is 15.5. The van der Waals surface area contributed by atoms with Crippen LogP contribution in [-0.2, 0) is 4.79 Å². The van der Waals surface area contributed by atoms with Crippen molar-refractivity contribution in [2.24, 2.45) is 5.73 Å². The van der Waals surface area contributed by atoms with Gasteiger partial charge < -0.3 is 15.7 Å². The fourth-order valence-electron chi connectivity index (χ4n) is 2.35. The van der Waals surface area contributed by atoms with E-state index in [0.717, 1.165) is 32.4 Å². The highest BCUT2D eigenvalue weighted by atomic mass is 16.4. The summed E-state index contributed by atoms with van der Waals surface area (Å²) in [5, 5.41) is 8.46. The minimum absolute atomic E-state index is 0.344. The normalized spacial score (nSPS) is 10.5. The van der Waals surface area contributed by atoms with Crippen LogP contribution in [0, 0.1) is 0 Å². The number of carbonyl (C=O) groups is 1. The SMILES string of the molecule is CCCCCCCCCCCCCC(=O)O.CN(C)CCCN. The van der Waals surface area contributed by atoms with Crippen molar-refractivity contribution in [3.05, 3.63) is 0 Å². The van der Waals surface area contributed by atoms with E-state index in [-0.39, 0.29) is 0 Å². The minimum atomic E-state index is -0.657. The Morgan fingerprint density at radius 3 is 1.57 bits per heavy atom. The molecule has 0 amide bonds. The monoisotopic (exact) mass is 330 g/mol. The average molecular weight is 331 g/mol. The average Bonchev–Trinajstić information content (AvgIpc) is 2.51. The number of hydrogen-bond acceptors (Lipinski definition) is 3. The van der Waals surface area contributed by atoms with Gasteiger partial charge in [0.05, 0.1) is 0 Å². The molecular weight excluding hydrogens is 288 g/mol. The zero-order valence-electron chi connectivity index (χ0n) is 16.0. The summed E-state index contributed by atoms with van der Waals surface area (Å²) in [5.41, 5.74) is 5.25. The van der Waals surface area contributed by atoms with Crippen molar-refractivity contribution in [3.63, 3.8) is 0 Å². The molecule has 3 N–H and O–H groups in total. The van der Waals surface area contributed by atoms with Crippen molar-refractivity contribution < 1.29 is 9.90 Å². The first-order valence-electron chi connectivity index (χ1n) is 9.61. The third-order valence-corrected chi connectivity index (χ3v) is 3.80. The molecule has 0 rings (SSSR count). The van der Waals surface area contributed by atoms with Crippen LogP contribution >= 0.6 is 0 Å². The van der Waals surface area contributed by atoms with Crippen LogP contribution in [0.5, 0.6) is 0 Å². The molecule has 0 aromatic carbocycles. The van der Waals surface area contributed by atoms with E-state index in [1.54, 1.807) is 0 Å². The number of unbranched alkanes of at least 4 members (excludes halogenated alkanes) is 10. The van der Waals surface area contributed by atoms with Crippen molar-refractivity contribution in [2.75, 3.05) is 27.2 Å². The molecule has 0 saturated carbocycles. The Kier molecular flexibility index (Phi) is 22.9. The fourth-order valence-corrected chi connectivity index (χ4v) is 2.35. The van der Waals surface area contributed by atoms with Gasteiger partial charge in [0.15, 0.2) is 0 Å². The maximum absolute atomic E-state index is 10.3. The number of aliphatic carboxylic acids is 1. The van der Waals surface area contributed by atoms with Crippen molar-refractivity contribution >= 4 is 5.97 Å². The smallest absolute Gasteiger partial charge is 0.303 e. The van der Waals surface area contributed by atoms with Crippen molar-refractivity contribution in [3.8, 4) is 0 Å². The van der Waals surface area contributed by atoms with Gasteiger partial charge in [0.25, 0.3) is 0 Å². The quantitative estimate of drug-likeness (QED) is 0.428. The lowest BCUT2D eigenvalue weighted by atomic mass is 10.1. The van der Waals surface area contributed by atoms with Gasteiger partial charge in [-0.3, -0.25) is 4.79 Å². The Morgan fingerprint density at radius 2 is 1.26 bits per heavy atom. The van der Waals surface area contributed by atoms with E-state index >= 15 is 0 Å². The molecule has 0 aromatic rings. The lowest BCUT2D eigenvalue weighted by Gasteiger charge is -2.05. The summed E-state index contributed by atoms with van der Waals surface area (Å²) < 4.78 is 0. The lowest BCUT2D eigenvalue weighted by Crippen LogP contribution is -2.16. The number of nitrogens with two attached hydrogens (primary N) is 1. The number of nitrogens with zero attached hydrogens (tertiary/aromatic N) is 1. The van der Waals surface area contributed by atoms with Crippen LogP contribution in [0.4, 0.5) is 0 Å². The molecule has 0 aliphatic carbocycles. The molecule has 0 saturated heterocycles. The van der Waals surface area contributed by atoms with Gasteiger partial charge in [0, 0.05) is 6.42 Å². The highest BCUT2D eigenvalue weighted by Gasteiger charge is 1.96. The van der Waals surface area contributed by atoms with Gasteiger partial charge in [-0.1, -0.05) is 71.1 Å². The van der Waals surface area contributed by atoms with Gasteiger partial charge in [-0.15, -0.1) is 0 Å². The van der Waals surface area contributed by atoms with Gasteiger partial charge in [0.2, 0.25) is 0 Å². The Balaban J connectivity index is 0. The van der Waals surface area contributed by atoms with E-state index in [1.165, 1.54) is 57.8 Å². The summed E-state index contributed by atoms with van der Waals surface area (Å²) >= 11 is 0. The standard InChI is InChI=1S/C14H28O2.C5H14N2/c1-2-3-4-5-6-7-8-9-10-11-12-13-14(15)16;1-7(2)5-3-4-6/h2-13H2,1H3,(H,15,16);3-6H2,1-2H3. The topological polar surface area (TPSA) is 66.6 Å². The third-order valence-electron chi connectivity index (χ3n) is 3.80. The molecular formula is C19H42N2O2. The molecule has 0 spiro atoms. The molecule has 140 valence electrons. The van der Waals surface area contributed by atoms with Crippen molar-refractivity contribution in [1.82, 2.24) is 4.90 Å². The highest BCUT2D eigenvalue weighted by molar-refractivity contribution is 5.66. The minimum Gasteiger partial charge on any atom is -0.481 e. The summed E-state index contributed by atoms with van der Waals surface area (Å²) in [6.45, 7) is 4.16. The molecule has 0 aromatic heterocycles. The first kappa shape index (κ1) is 24.6. The Labute approximate surface area is 144 Å². The summed E-state index contributed by atoms with van der Waals surface area (Å²) in [4.78, 5) is 12.4. The van der Waals surface area contributed by atoms with Gasteiger partial charge in [-0.25, -0.2) is 0 Å². The van der Waals surface area contributed by atoms with Crippen molar-refractivity contribution in [2.45, 2.75) is 90.4 Å². The zero-order chi connectivity index (χ0) is 17.8. The molecule has 0 aliphatic heterocycles. The van der Waals surface area contributed by atoms with E-state index in [1.807, 2.05) is 0 Å². The van der Waals surface area contributed by atoms with Crippen LogP contribution in [-0.4, -0.2) is 43.2 Å². The summed E-state index contributed by atoms with van der Waals surface area (Å²) in [6, 6.07) is 0. The predicted molar refractivity (Wildman–Crippen MR) is 101 cm³/mol. The molecule has 4 nitrogen and oxygen atoms in total. The molecule has 4 heteroatoms. The van der Waals surface area contributed by atoms with E-state index in [2.05, 4.69) is 25.9 Å². The maximum Gasteiger partial charge on any atom is 0.303 e. The number of rotatable bonds is 15. The first-order valence-corrected chi connectivity index (χ1v) is 9.61. The molecule has 23 heavy (non-hydrogen) atoms. The van der Waals surface area contributed by atoms with Gasteiger partial charge in [-0.05, 0) is 40.0 Å². The van der Waals surface area contributed by atoms with Crippen LogP contribution in [0.1, 0.15) is 90.4 Å². The van der Waals surface area contributed by atoms with Gasteiger partial charge in [0.1, 0.15) is 0 Å². The zero-order valence-corrected chi connectivity index (χ0v) is 16.0. The molecule has 0 atom stereocenters.